The number of carbonyl (C=O) groups excluding carboxylic acids is 1. The van der Waals surface area contributed by atoms with Crippen LogP contribution in [-0.2, 0) is 9.53 Å². The first-order valence-corrected chi connectivity index (χ1v) is 6.63. The van der Waals surface area contributed by atoms with E-state index in [1.54, 1.807) is 0 Å². The Bertz CT molecular complexity index is 266. The van der Waals surface area contributed by atoms with E-state index in [1.165, 1.54) is 19.3 Å². The summed E-state index contributed by atoms with van der Waals surface area (Å²) in [4.78, 5) is 11.2. The molecule has 0 saturated heterocycles. The quantitative estimate of drug-likeness (QED) is 0.697. The summed E-state index contributed by atoms with van der Waals surface area (Å²) in [5.74, 6) is -0.448. The standard InChI is InChI=1S/C12H21F3N2O2/c13-12(14,15)9-16-8-11(18)17-6-7-19-10-4-2-1-3-5-10/h10,16H,1-9H2,(H,17,18). The van der Waals surface area contributed by atoms with Crippen LogP contribution in [0, 0.1) is 0 Å². The second-order valence-corrected chi connectivity index (χ2v) is 4.70. The molecule has 0 aromatic heterocycles. The summed E-state index contributed by atoms with van der Waals surface area (Å²) in [6.45, 7) is -0.735. The van der Waals surface area contributed by atoms with Crippen LogP contribution in [0.25, 0.3) is 0 Å². The van der Waals surface area contributed by atoms with Crippen LogP contribution in [0.2, 0.25) is 0 Å². The SMILES string of the molecule is O=C(CNCC(F)(F)F)NCCOC1CCCCC1. The number of hydrogen-bond acceptors (Lipinski definition) is 3. The second-order valence-electron chi connectivity index (χ2n) is 4.70. The van der Waals surface area contributed by atoms with Crippen LogP contribution in [0.4, 0.5) is 13.2 Å². The van der Waals surface area contributed by atoms with Crippen molar-refractivity contribution in [1.29, 1.82) is 0 Å². The van der Waals surface area contributed by atoms with Crippen molar-refractivity contribution in [2.45, 2.75) is 44.4 Å². The molecular formula is C12H21F3N2O2. The second kappa shape index (κ2) is 8.37. The van der Waals surface area contributed by atoms with Gasteiger partial charge in [-0.3, -0.25) is 4.79 Å². The van der Waals surface area contributed by atoms with E-state index in [1.807, 2.05) is 5.32 Å². The summed E-state index contributed by atoms with van der Waals surface area (Å²) in [5, 5.41) is 4.55. The van der Waals surface area contributed by atoms with E-state index in [9.17, 15) is 18.0 Å². The normalized spacial score (nSPS) is 17.4. The fraction of sp³-hybridized carbons (Fsp3) is 0.917. The lowest BCUT2D eigenvalue weighted by Crippen LogP contribution is -2.39. The molecule has 112 valence electrons. The average molecular weight is 282 g/mol. The molecule has 0 bridgehead atoms. The molecule has 4 nitrogen and oxygen atoms in total. The number of alkyl halides is 3. The molecule has 0 atom stereocenters. The van der Waals surface area contributed by atoms with Crippen molar-refractivity contribution in [2.24, 2.45) is 0 Å². The Morgan fingerprint density at radius 3 is 2.53 bits per heavy atom. The highest BCUT2D eigenvalue weighted by Crippen LogP contribution is 2.19. The average Bonchev–Trinajstić information content (AvgIpc) is 2.34. The Hall–Kier alpha value is -0.820. The molecule has 0 unspecified atom stereocenters. The van der Waals surface area contributed by atoms with E-state index < -0.39 is 18.6 Å². The van der Waals surface area contributed by atoms with Gasteiger partial charge in [0.25, 0.3) is 0 Å². The van der Waals surface area contributed by atoms with Crippen molar-refractivity contribution in [2.75, 3.05) is 26.2 Å². The minimum Gasteiger partial charge on any atom is -0.376 e. The molecule has 1 fully saturated rings. The number of halogens is 3. The monoisotopic (exact) mass is 282 g/mol. The summed E-state index contributed by atoms with van der Waals surface area (Å²) >= 11 is 0. The summed E-state index contributed by atoms with van der Waals surface area (Å²) in [6.07, 6.45) is 1.71. The number of hydrogen-bond donors (Lipinski definition) is 2. The molecule has 0 heterocycles. The van der Waals surface area contributed by atoms with E-state index in [2.05, 4.69) is 5.32 Å². The predicted octanol–water partition coefficient (Wildman–Crippen LogP) is 1.60. The smallest absolute Gasteiger partial charge is 0.376 e. The van der Waals surface area contributed by atoms with Gasteiger partial charge in [-0.05, 0) is 12.8 Å². The van der Waals surface area contributed by atoms with Crippen LogP contribution in [0.5, 0.6) is 0 Å². The van der Waals surface area contributed by atoms with E-state index in [-0.39, 0.29) is 12.6 Å². The van der Waals surface area contributed by atoms with E-state index >= 15 is 0 Å². The first-order chi connectivity index (χ1) is 8.97. The zero-order chi connectivity index (χ0) is 14.1. The molecule has 0 radical (unpaired) electrons. The number of amides is 1. The van der Waals surface area contributed by atoms with Gasteiger partial charge >= 0.3 is 6.18 Å². The van der Waals surface area contributed by atoms with Crippen LogP contribution in [0.3, 0.4) is 0 Å². The molecule has 1 aliphatic rings. The van der Waals surface area contributed by atoms with Crippen molar-refractivity contribution in [3.05, 3.63) is 0 Å². The zero-order valence-electron chi connectivity index (χ0n) is 10.9. The van der Waals surface area contributed by atoms with Crippen LogP contribution < -0.4 is 10.6 Å². The highest BCUT2D eigenvalue weighted by molar-refractivity contribution is 5.77. The lowest BCUT2D eigenvalue weighted by atomic mass is 9.98. The highest BCUT2D eigenvalue weighted by atomic mass is 19.4. The lowest BCUT2D eigenvalue weighted by Gasteiger charge is -2.22. The summed E-state index contributed by atoms with van der Waals surface area (Å²) < 4.78 is 41.0. The molecular weight excluding hydrogens is 261 g/mol. The van der Waals surface area contributed by atoms with Crippen LogP contribution >= 0.6 is 0 Å². The first kappa shape index (κ1) is 16.2. The van der Waals surface area contributed by atoms with Crippen LogP contribution in [-0.4, -0.2) is 44.4 Å². The minimum atomic E-state index is -4.29. The molecule has 0 aliphatic heterocycles. The molecule has 19 heavy (non-hydrogen) atoms. The lowest BCUT2D eigenvalue weighted by molar-refractivity contribution is -0.128. The van der Waals surface area contributed by atoms with Crippen LogP contribution in [0.1, 0.15) is 32.1 Å². The molecule has 1 aliphatic carbocycles. The van der Waals surface area contributed by atoms with Crippen molar-refractivity contribution >= 4 is 5.91 Å². The summed E-state index contributed by atoms with van der Waals surface area (Å²) in [6, 6.07) is 0. The Kier molecular flexibility index (Phi) is 7.15. The third-order valence-corrected chi connectivity index (χ3v) is 2.94. The van der Waals surface area contributed by atoms with Gasteiger partial charge in [-0.2, -0.15) is 13.2 Å². The molecule has 0 spiro atoms. The van der Waals surface area contributed by atoms with Gasteiger partial charge < -0.3 is 15.4 Å². The van der Waals surface area contributed by atoms with Gasteiger partial charge in [0.2, 0.25) is 5.91 Å². The molecule has 1 rings (SSSR count). The Morgan fingerprint density at radius 2 is 1.89 bits per heavy atom. The fourth-order valence-corrected chi connectivity index (χ4v) is 2.03. The Labute approximate surface area is 111 Å². The Morgan fingerprint density at radius 1 is 1.21 bits per heavy atom. The third-order valence-electron chi connectivity index (χ3n) is 2.94. The van der Waals surface area contributed by atoms with Crippen molar-refractivity contribution in [3.8, 4) is 0 Å². The maximum Gasteiger partial charge on any atom is 0.401 e. The van der Waals surface area contributed by atoms with Gasteiger partial charge in [-0.15, -0.1) is 0 Å². The van der Waals surface area contributed by atoms with Gasteiger partial charge in [0.15, 0.2) is 0 Å². The number of nitrogens with one attached hydrogen (secondary N) is 2. The molecule has 0 aromatic rings. The van der Waals surface area contributed by atoms with Gasteiger partial charge in [0, 0.05) is 6.54 Å². The van der Waals surface area contributed by atoms with Gasteiger partial charge in [0.1, 0.15) is 0 Å². The van der Waals surface area contributed by atoms with Crippen LogP contribution in [0.15, 0.2) is 0 Å². The number of rotatable bonds is 7. The van der Waals surface area contributed by atoms with Gasteiger partial charge in [-0.1, -0.05) is 19.3 Å². The summed E-state index contributed by atoms with van der Waals surface area (Å²) in [7, 11) is 0. The van der Waals surface area contributed by atoms with Crippen molar-refractivity contribution in [3.63, 3.8) is 0 Å². The first-order valence-electron chi connectivity index (χ1n) is 6.63. The van der Waals surface area contributed by atoms with E-state index in [4.69, 9.17) is 4.74 Å². The third kappa shape index (κ3) is 8.83. The maximum atomic E-state index is 11.8. The minimum absolute atomic E-state index is 0.272. The molecule has 7 heteroatoms. The largest absolute Gasteiger partial charge is 0.401 e. The zero-order valence-corrected chi connectivity index (χ0v) is 10.9. The van der Waals surface area contributed by atoms with E-state index in [0.717, 1.165) is 12.8 Å². The maximum absolute atomic E-state index is 11.8. The molecule has 2 N–H and O–H groups in total. The number of ether oxygens (including phenoxy) is 1. The highest BCUT2D eigenvalue weighted by Gasteiger charge is 2.26. The predicted molar refractivity (Wildman–Crippen MR) is 64.8 cm³/mol. The fourth-order valence-electron chi connectivity index (χ4n) is 2.03. The van der Waals surface area contributed by atoms with Gasteiger partial charge in [-0.25, -0.2) is 0 Å². The molecule has 0 aromatic carbocycles. The van der Waals surface area contributed by atoms with E-state index in [0.29, 0.717) is 13.2 Å². The molecule has 1 saturated carbocycles. The summed E-state index contributed by atoms with van der Waals surface area (Å²) in [5.41, 5.74) is 0. The Balaban J connectivity index is 1.95. The van der Waals surface area contributed by atoms with Crippen molar-refractivity contribution in [1.82, 2.24) is 10.6 Å². The van der Waals surface area contributed by atoms with Crippen molar-refractivity contribution < 1.29 is 22.7 Å². The molecule has 1 amide bonds. The van der Waals surface area contributed by atoms with Gasteiger partial charge in [0.05, 0.1) is 25.8 Å². The topological polar surface area (TPSA) is 50.4 Å². The number of carbonyl (C=O) groups is 1.